The van der Waals surface area contributed by atoms with E-state index in [0.29, 0.717) is 38.6 Å². The van der Waals surface area contributed by atoms with E-state index >= 15 is 0 Å². The number of unbranched alkanes of at least 4 members (excludes halogenated alkanes) is 2. The highest BCUT2D eigenvalue weighted by atomic mass is 16.5. The molecule has 1 aromatic heterocycles. The van der Waals surface area contributed by atoms with E-state index in [0.717, 1.165) is 44.1 Å². The Morgan fingerprint density at radius 2 is 1.49 bits per heavy atom. The summed E-state index contributed by atoms with van der Waals surface area (Å²) in [7, 11) is 1.32. The van der Waals surface area contributed by atoms with Crippen LogP contribution in [0.15, 0.2) is 91.4 Å². The van der Waals surface area contributed by atoms with Gasteiger partial charge in [-0.2, -0.15) is 0 Å². The van der Waals surface area contributed by atoms with E-state index in [-0.39, 0.29) is 18.2 Å². The summed E-state index contributed by atoms with van der Waals surface area (Å²) in [5.74, 6) is -0.669. The van der Waals surface area contributed by atoms with Gasteiger partial charge < -0.3 is 15.4 Å². The van der Waals surface area contributed by atoms with E-state index in [4.69, 9.17) is 4.74 Å². The Hall–Kier alpha value is -4.00. The standard InChI is InChI=1S/C36H51N3O4/c1-3-4-5-6-7-8-9-10-11-12-13-14-15-16-17-18-19-27-35(41)39-33(36(42)43-2)26-20-21-30-38-34(40)28-22-24-32-25-23-29-37-31-32/h4-5,7-8,10-11,13-14,16-17,22-25,29,31,33H,3,6,9,12,15,18-21,26-28,30H2,1-2H3,(H,38,40)(H,39,41). The smallest absolute Gasteiger partial charge is 0.328 e. The molecule has 1 rings (SSSR count). The fourth-order valence-corrected chi connectivity index (χ4v) is 3.96. The average molecular weight is 590 g/mol. The van der Waals surface area contributed by atoms with Crippen LogP contribution in [0.5, 0.6) is 0 Å². The highest BCUT2D eigenvalue weighted by Gasteiger charge is 2.20. The molecule has 0 saturated heterocycles. The van der Waals surface area contributed by atoms with Crippen molar-refractivity contribution in [3.63, 3.8) is 0 Å². The van der Waals surface area contributed by atoms with Gasteiger partial charge in [-0.15, -0.1) is 0 Å². The van der Waals surface area contributed by atoms with Crippen molar-refractivity contribution in [1.82, 2.24) is 15.6 Å². The molecule has 7 nitrogen and oxygen atoms in total. The number of pyridine rings is 1. The largest absolute Gasteiger partial charge is 0.467 e. The molecule has 7 heteroatoms. The number of carbonyl (C=O) groups excluding carboxylic acids is 3. The molecule has 0 aliphatic carbocycles. The third kappa shape index (κ3) is 22.3. The average Bonchev–Trinajstić information content (AvgIpc) is 3.02. The minimum atomic E-state index is -0.677. The summed E-state index contributed by atoms with van der Waals surface area (Å²) in [5.41, 5.74) is 0.945. The second-order valence-corrected chi connectivity index (χ2v) is 9.98. The first-order valence-corrected chi connectivity index (χ1v) is 15.5. The molecule has 0 saturated carbocycles. The van der Waals surface area contributed by atoms with E-state index in [1.54, 1.807) is 18.5 Å². The highest BCUT2D eigenvalue weighted by Crippen LogP contribution is 2.06. The normalized spacial score (nSPS) is 12.8. The zero-order chi connectivity index (χ0) is 31.2. The highest BCUT2D eigenvalue weighted by molar-refractivity contribution is 5.84. The predicted octanol–water partition coefficient (Wildman–Crippen LogP) is 7.35. The van der Waals surface area contributed by atoms with Crippen LogP contribution in [0, 0.1) is 0 Å². The SMILES string of the molecule is CCC=CCC=CCC=CCC=CCC=CCCCC(=O)NC(CCCCNC(=O)CC=Cc1cccnc1)C(=O)OC. The summed E-state index contributed by atoms with van der Waals surface area (Å²) >= 11 is 0. The molecule has 234 valence electrons. The van der Waals surface area contributed by atoms with Crippen LogP contribution in [0.2, 0.25) is 0 Å². The van der Waals surface area contributed by atoms with E-state index in [9.17, 15) is 14.4 Å². The van der Waals surface area contributed by atoms with Gasteiger partial charge >= 0.3 is 5.97 Å². The molecule has 43 heavy (non-hydrogen) atoms. The number of nitrogens with one attached hydrogen (secondary N) is 2. The van der Waals surface area contributed by atoms with E-state index in [1.165, 1.54) is 7.11 Å². The van der Waals surface area contributed by atoms with Crippen molar-refractivity contribution in [3.8, 4) is 0 Å². The first-order chi connectivity index (χ1) is 21.1. The molecule has 2 N–H and O–H groups in total. The maximum Gasteiger partial charge on any atom is 0.328 e. The van der Waals surface area contributed by atoms with Crippen molar-refractivity contribution in [3.05, 3.63) is 96.9 Å². The number of ether oxygens (including phenoxy) is 1. The summed E-state index contributed by atoms with van der Waals surface area (Å²) in [6.07, 6.45) is 37.6. The third-order valence-electron chi connectivity index (χ3n) is 6.29. The van der Waals surface area contributed by atoms with Crippen LogP contribution in [0.1, 0.15) is 89.5 Å². The number of allylic oxidation sites excluding steroid dienone is 10. The summed E-state index contributed by atoms with van der Waals surface area (Å²) in [4.78, 5) is 40.6. The fraction of sp³-hybridized carbons (Fsp3) is 0.444. The Bertz CT molecular complexity index is 1070. The van der Waals surface area contributed by atoms with Crippen LogP contribution in [0.3, 0.4) is 0 Å². The minimum Gasteiger partial charge on any atom is -0.467 e. The van der Waals surface area contributed by atoms with Crippen molar-refractivity contribution in [2.75, 3.05) is 13.7 Å². The Balaban J connectivity index is 2.14. The molecule has 0 aromatic carbocycles. The summed E-state index contributed by atoms with van der Waals surface area (Å²) in [5, 5.41) is 5.68. The van der Waals surface area contributed by atoms with Crippen LogP contribution in [-0.4, -0.2) is 42.5 Å². The molecule has 0 spiro atoms. The molecule has 0 radical (unpaired) electrons. The van der Waals surface area contributed by atoms with Gasteiger partial charge in [0.05, 0.1) is 7.11 Å². The first-order valence-electron chi connectivity index (χ1n) is 15.5. The van der Waals surface area contributed by atoms with Gasteiger partial charge in [-0.25, -0.2) is 4.79 Å². The number of methoxy groups -OCH3 is 1. The molecule has 1 aromatic rings. The molecule has 1 unspecified atom stereocenters. The summed E-state index contributed by atoms with van der Waals surface area (Å²) in [6.45, 7) is 2.65. The van der Waals surface area contributed by atoms with Crippen LogP contribution >= 0.6 is 0 Å². The number of aromatic nitrogens is 1. The molecule has 0 aliphatic heterocycles. The summed E-state index contributed by atoms with van der Waals surface area (Å²) in [6, 6.07) is 3.09. The van der Waals surface area contributed by atoms with Crippen LogP contribution < -0.4 is 10.6 Å². The Morgan fingerprint density at radius 1 is 0.837 bits per heavy atom. The minimum absolute atomic E-state index is 0.0644. The van der Waals surface area contributed by atoms with Gasteiger partial charge in [0.2, 0.25) is 11.8 Å². The Kier molecular flexibility index (Phi) is 23.1. The van der Waals surface area contributed by atoms with Crippen LogP contribution in [-0.2, 0) is 19.1 Å². The van der Waals surface area contributed by atoms with E-state index in [1.807, 2.05) is 18.2 Å². The van der Waals surface area contributed by atoms with Crippen molar-refractivity contribution in [1.29, 1.82) is 0 Å². The van der Waals surface area contributed by atoms with Gasteiger partial charge in [-0.1, -0.05) is 85.9 Å². The number of rotatable bonds is 23. The lowest BCUT2D eigenvalue weighted by atomic mass is 10.1. The van der Waals surface area contributed by atoms with Crippen molar-refractivity contribution in [2.24, 2.45) is 0 Å². The van der Waals surface area contributed by atoms with Crippen LogP contribution in [0.25, 0.3) is 6.08 Å². The quantitative estimate of drug-likeness (QED) is 0.0790. The van der Waals surface area contributed by atoms with Gasteiger partial charge in [0.1, 0.15) is 6.04 Å². The van der Waals surface area contributed by atoms with Gasteiger partial charge in [-0.3, -0.25) is 14.6 Å². The molecular formula is C36H51N3O4. The molecule has 0 fully saturated rings. The molecule has 0 bridgehead atoms. The van der Waals surface area contributed by atoms with Gasteiger partial charge in [-0.05, 0) is 75.8 Å². The zero-order valence-electron chi connectivity index (χ0n) is 26.1. The monoisotopic (exact) mass is 589 g/mol. The molecule has 1 atom stereocenters. The maximum atomic E-state index is 12.4. The second-order valence-electron chi connectivity index (χ2n) is 9.98. The molecule has 1 heterocycles. The zero-order valence-corrected chi connectivity index (χ0v) is 26.1. The number of hydrogen-bond acceptors (Lipinski definition) is 5. The van der Waals surface area contributed by atoms with Crippen LogP contribution in [0.4, 0.5) is 0 Å². The van der Waals surface area contributed by atoms with Gasteiger partial charge in [0.15, 0.2) is 0 Å². The fourth-order valence-electron chi connectivity index (χ4n) is 3.96. The lowest BCUT2D eigenvalue weighted by Gasteiger charge is -2.16. The lowest BCUT2D eigenvalue weighted by molar-refractivity contribution is -0.145. The number of amides is 2. The Labute approximate surface area is 259 Å². The van der Waals surface area contributed by atoms with Gasteiger partial charge in [0.25, 0.3) is 0 Å². The number of hydrogen-bond donors (Lipinski definition) is 2. The first kappa shape index (κ1) is 37.0. The van der Waals surface area contributed by atoms with Crippen molar-refractivity contribution < 1.29 is 19.1 Å². The van der Waals surface area contributed by atoms with Gasteiger partial charge in [0, 0.05) is 31.8 Å². The lowest BCUT2D eigenvalue weighted by Crippen LogP contribution is -2.41. The van der Waals surface area contributed by atoms with E-state index in [2.05, 4.69) is 83.3 Å². The third-order valence-corrected chi connectivity index (χ3v) is 6.29. The predicted molar refractivity (Wildman–Crippen MR) is 177 cm³/mol. The Morgan fingerprint density at radius 3 is 2.09 bits per heavy atom. The van der Waals surface area contributed by atoms with Crippen molar-refractivity contribution >= 4 is 23.9 Å². The second kappa shape index (κ2) is 26.9. The maximum absolute atomic E-state index is 12.4. The number of nitrogens with zero attached hydrogens (tertiary/aromatic N) is 1. The summed E-state index contributed by atoms with van der Waals surface area (Å²) < 4.78 is 4.87. The molecule has 2 amide bonds. The molecule has 0 aliphatic rings. The molecular weight excluding hydrogens is 538 g/mol. The number of esters is 1. The topological polar surface area (TPSA) is 97.4 Å². The van der Waals surface area contributed by atoms with Crippen molar-refractivity contribution in [2.45, 2.75) is 90.0 Å². The number of carbonyl (C=O) groups is 3. The van der Waals surface area contributed by atoms with E-state index < -0.39 is 12.0 Å².